The van der Waals surface area contributed by atoms with Gasteiger partial charge in [0.2, 0.25) is 11.8 Å². The maximum Gasteiger partial charge on any atom is 0.242 e. The van der Waals surface area contributed by atoms with E-state index < -0.39 is 0 Å². The van der Waals surface area contributed by atoms with Gasteiger partial charge in [0, 0.05) is 26.0 Å². The number of hydrogen-bond acceptors (Lipinski definition) is 3. The molecule has 0 aliphatic rings. The quantitative estimate of drug-likeness (QED) is 0.775. The highest BCUT2D eigenvalue weighted by Gasteiger charge is 2.10. The lowest BCUT2D eigenvalue weighted by Crippen LogP contribution is -2.38. The number of pyridine rings is 1. The predicted octanol–water partition coefficient (Wildman–Crippen LogP) is 0.395. The largest absolute Gasteiger partial charge is 0.346 e. The third kappa shape index (κ3) is 4.82. The molecule has 5 nitrogen and oxygen atoms in total. The Hall–Kier alpha value is -1.62. The summed E-state index contributed by atoms with van der Waals surface area (Å²) in [6.07, 6.45) is 3.34. The molecular weight excluding hydrogens is 242 g/mol. The molecule has 92 valence electrons. The summed E-state index contributed by atoms with van der Waals surface area (Å²) in [6, 6.07) is 3.67. The van der Waals surface area contributed by atoms with Gasteiger partial charge in [0.25, 0.3) is 0 Å². The highest BCUT2D eigenvalue weighted by Crippen LogP contribution is 2.00. The van der Waals surface area contributed by atoms with Crippen LogP contribution in [0, 0.1) is 0 Å². The van der Waals surface area contributed by atoms with E-state index in [1.165, 1.54) is 4.90 Å². The minimum atomic E-state index is -0.350. The lowest BCUT2D eigenvalue weighted by atomic mass is 10.2. The number of halogens is 1. The van der Waals surface area contributed by atoms with E-state index in [9.17, 15) is 9.59 Å². The zero-order valence-electron chi connectivity index (χ0n) is 9.52. The van der Waals surface area contributed by atoms with E-state index in [2.05, 4.69) is 10.3 Å². The molecule has 2 amide bonds. The third-order valence-electron chi connectivity index (χ3n) is 2.15. The van der Waals surface area contributed by atoms with Crippen molar-refractivity contribution < 1.29 is 9.59 Å². The van der Waals surface area contributed by atoms with E-state index in [0.29, 0.717) is 6.54 Å². The third-order valence-corrected chi connectivity index (χ3v) is 2.40. The van der Waals surface area contributed by atoms with Gasteiger partial charge in [-0.2, -0.15) is 0 Å². The minimum Gasteiger partial charge on any atom is -0.346 e. The second-order valence-electron chi connectivity index (χ2n) is 3.52. The Morgan fingerprint density at radius 3 is 2.65 bits per heavy atom. The van der Waals surface area contributed by atoms with Crippen molar-refractivity contribution in [3.63, 3.8) is 0 Å². The van der Waals surface area contributed by atoms with Crippen LogP contribution in [0.1, 0.15) is 5.56 Å². The van der Waals surface area contributed by atoms with Gasteiger partial charge in [0.05, 0.1) is 6.54 Å². The Balaban J connectivity index is 2.40. The molecular formula is C11H14ClN3O2. The Bertz CT molecular complexity index is 384. The molecule has 0 aromatic carbocycles. The van der Waals surface area contributed by atoms with Crippen LogP contribution in [-0.4, -0.2) is 41.2 Å². The van der Waals surface area contributed by atoms with Crippen molar-refractivity contribution in [1.82, 2.24) is 15.2 Å². The molecule has 6 heteroatoms. The molecule has 1 aromatic heterocycles. The zero-order valence-corrected chi connectivity index (χ0v) is 10.3. The van der Waals surface area contributed by atoms with Crippen LogP contribution < -0.4 is 5.32 Å². The van der Waals surface area contributed by atoms with Gasteiger partial charge in [0.15, 0.2) is 0 Å². The van der Waals surface area contributed by atoms with Crippen LogP contribution in [0.5, 0.6) is 0 Å². The van der Waals surface area contributed by atoms with Gasteiger partial charge in [-0.05, 0) is 17.7 Å². The first kappa shape index (κ1) is 13.4. The number of hydrogen-bond donors (Lipinski definition) is 1. The van der Waals surface area contributed by atoms with Crippen molar-refractivity contribution in [2.24, 2.45) is 0 Å². The molecule has 0 saturated heterocycles. The number of likely N-dealkylation sites (N-methyl/N-ethyl adjacent to an activating group) is 1. The van der Waals surface area contributed by atoms with Crippen molar-refractivity contribution in [2.45, 2.75) is 6.54 Å². The summed E-state index contributed by atoms with van der Waals surface area (Å²) >= 11 is 5.30. The standard InChI is InChI=1S/C11H14ClN3O2/c1-15(8-9-2-4-13-5-3-9)11(17)7-14-10(16)6-12/h2-5H,6-8H2,1H3,(H,14,16). The number of aromatic nitrogens is 1. The van der Waals surface area contributed by atoms with Gasteiger partial charge in [-0.15, -0.1) is 11.6 Å². The van der Waals surface area contributed by atoms with Crippen LogP contribution >= 0.6 is 11.6 Å². The van der Waals surface area contributed by atoms with Gasteiger partial charge in [-0.25, -0.2) is 0 Å². The summed E-state index contributed by atoms with van der Waals surface area (Å²) in [7, 11) is 1.68. The first-order chi connectivity index (χ1) is 8.13. The van der Waals surface area contributed by atoms with Crippen LogP contribution in [0.2, 0.25) is 0 Å². The van der Waals surface area contributed by atoms with Crippen LogP contribution in [0.3, 0.4) is 0 Å². The molecule has 0 spiro atoms. The van der Waals surface area contributed by atoms with Gasteiger partial charge in [-0.3, -0.25) is 14.6 Å². The fourth-order valence-electron chi connectivity index (χ4n) is 1.21. The van der Waals surface area contributed by atoms with Crippen molar-refractivity contribution in [2.75, 3.05) is 19.5 Å². The Labute approximate surface area is 105 Å². The number of nitrogens with zero attached hydrogens (tertiary/aromatic N) is 2. The Kier molecular flexibility index (Phi) is 5.42. The van der Waals surface area contributed by atoms with E-state index in [4.69, 9.17) is 11.6 Å². The first-order valence-corrected chi connectivity index (χ1v) is 5.62. The fraction of sp³-hybridized carbons (Fsp3) is 0.364. The molecule has 0 radical (unpaired) electrons. The van der Waals surface area contributed by atoms with Gasteiger partial charge >= 0.3 is 0 Å². The molecule has 1 rings (SSSR count). The average Bonchev–Trinajstić information content (AvgIpc) is 2.36. The molecule has 0 fully saturated rings. The zero-order chi connectivity index (χ0) is 12.7. The van der Waals surface area contributed by atoms with Crippen molar-refractivity contribution >= 4 is 23.4 Å². The van der Waals surface area contributed by atoms with E-state index >= 15 is 0 Å². The molecule has 1 N–H and O–H groups in total. The summed E-state index contributed by atoms with van der Waals surface area (Å²) in [5.41, 5.74) is 0.986. The van der Waals surface area contributed by atoms with Crippen molar-refractivity contribution in [3.8, 4) is 0 Å². The molecule has 0 unspecified atom stereocenters. The van der Waals surface area contributed by atoms with Gasteiger partial charge < -0.3 is 10.2 Å². The molecule has 0 aliphatic carbocycles. The molecule has 1 aromatic rings. The molecule has 0 aliphatic heterocycles. The number of rotatable bonds is 5. The minimum absolute atomic E-state index is 0.0346. The monoisotopic (exact) mass is 255 g/mol. The van der Waals surface area contributed by atoms with E-state index in [0.717, 1.165) is 5.56 Å². The highest BCUT2D eigenvalue weighted by molar-refractivity contribution is 6.27. The van der Waals surface area contributed by atoms with Gasteiger partial charge in [0.1, 0.15) is 5.88 Å². The van der Waals surface area contributed by atoms with Gasteiger partial charge in [-0.1, -0.05) is 0 Å². The van der Waals surface area contributed by atoms with Crippen molar-refractivity contribution in [3.05, 3.63) is 30.1 Å². The predicted molar refractivity (Wildman–Crippen MR) is 64.4 cm³/mol. The van der Waals surface area contributed by atoms with E-state index in [1.807, 2.05) is 12.1 Å². The molecule has 1 heterocycles. The summed E-state index contributed by atoms with van der Waals surface area (Å²) in [6.45, 7) is 0.450. The summed E-state index contributed by atoms with van der Waals surface area (Å²) < 4.78 is 0. The van der Waals surface area contributed by atoms with E-state index in [-0.39, 0.29) is 24.2 Å². The lowest BCUT2D eigenvalue weighted by molar-refractivity contribution is -0.131. The van der Waals surface area contributed by atoms with Crippen LogP contribution in [0.25, 0.3) is 0 Å². The number of alkyl halides is 1. The number of nitrogens with one attached hydrogen (secondary N) is 1. The lowest BCUT2D eigenvalue weighted by Gasteiger charge is -2.17. The second-order valence-corrected chi connectivity index (χ2v) is 3.78. The molecule has 0 atom stereocenters. The second kappa shape index (κ2) is 6.85. The maximum absolute atomic E-state index is 11.6. The molecule has 17 heavy (non-hydrogen) atoms. The van der Waals surface area contributed by atoms with Crippen molar-refractivity contribution in [1.29, 1.82) is 0 Å². The average molecular weight is 256 g/mol. The fourth-order valence-corrected chi connectivity index (χ4v) is 1.30. The number of carbonyl (C=O) groups excluding carboxylic acids is 2. The van der Waals surface area contributed by atoms with Crippen LogP contribution in [-0.2, 0) is 16.1 Å². The number of carbonyl (C=O) groups is 2. The summed E-state index contributed by atoms with van der Waals surface area (Å²) in [5, 5.41) is 2.42. The van der Waals surface area contributed by atoms with E-state index in [1.54, 1.807) is 19.4 Å². The SMILES string of the molecule is CN(Cc1ccncc1)C(=O)CNC(=O)CCl. The maximum atomic E-state index is 11.6. The summed E-state index contributed by atoms with van der Waals surface area (Å²) in [5.74, 6) is -0.654. The Morgan fingerprint density at radius 1 is 1.41 bits per heavy atom. The smallest absolute Gasteiger partial charge is 0.242 e. The first-order valence-electron chi connectivity index (χ1n) is 5.09. The highest BCUT2D eigenvalue weighted by atomic mass is 35.5. The molecule has 0 bridgehead atoms. The van der Waals surface area contributed by atoms with Crippen LogP contribution in [0.15, 0.2) is 24.5 Å². The topological polar surface area (TPSA) is 62.3 Å². The van der Waals surface area contributed by atoms with Crippen LogP contribution in [0.4, 0.5) is 0 Å². The Morgan fingerprint density at radius 2 is 2.06 bits per heavy atom. The normalized spacial score (nSPS) is 9.76. The number of amides is 2. The summed E-state index contributed by atoms with van der Waals surface area (Å²) in [4.78, 5) is 27.9. The molecule has 0 saturated carbocycles.